The van der Waals surface area contributed by atoms with Gasteiger partial charge in [0.25, 0.3) is 5.91 Å². The molecule has 0 unspecified atom stereocenters. The number of nitrogens with zero attached hydrogens (tertiary/aromatic N) is 2. The van der Waals surface area contributed by atoms with E-state index in [1.165, 1.54) is 18.2 Å². The van der Waals surface area contributed by atoms with Crippen molar-refractivity contribution in [2.75, 3.05) is 7.05 Å². The SMILES string of the molecule is CN(Cc1cccc(F)c1)Cc1cc(C(=O)NN)no1. The fourth-order valence-corrected chi connectivity index (χ4v) is 1.84. The van der Waals surface area contributed by atoms with Crippen LogP contribution in [-0.2, 0) is 13.1 Å². The Labute approximate surface area is 115 Å². The molecule has 1 amide bonds. The van der Waals surface area contributed by atoms with Crippen molar-refractivity contribution in [3.63, 3.8) is 0 Å². The van der Waals surface area contributed by atoms with Gasteiger partial charge in [0.05, 0.1) is 6.54 Å². The lowest BCUT2D eigenvalue weighted by Crippen LogP contribution is -2.30. The Balaban J connectivity index is 1.96. The molecule has 0 saturated carbocycles. The number of hydrazine groups is 1. The fraction of sp³-hybridized carbons (Fsp3) is 0.231. The van der Waals surface area contributed by atoms with Gasteiger partial charge >= 0.3 is 0 Å². The number of carbonyl (C=O) groups is 1. The molecule has 0 aliphatic rings. The van der Waals surface area contributed by atoms with Crippen LogP contribution in [-0.4, -0.2) is 23.0 Å². The standard InChI is InChI=1S/C13H15FN4O2/c1-18(7-9-3-2-4-10(14)5-9)8-11-6-12(17-20-11)13(19)16-15/h2-6H,7-8,15H2,1H3,(H,16,19). The first-order valence-electron chi connectivity index (χ1n) is 5.98. The second kappa shape index (κ2) is 6.27. The van der Waals surface area contributed by atoms with Crippen LogP contribution in [0, 0.1) is 5.82 Å². The van der Waals surface area contributed by atoms with Crippen molar-refractivity contribution in [3.8, 4) is 0 Å². The first-order valence-corrected chi connectivity index (χ1v) is 5.98. The van der Waals surface area contributed by atoms with Gasteiger partial charge in [0.1, 0.15) is 5.82 Å². The van der Waals surface area contributed by atoms with E-state index in [-0.39, 0.29) is 11.5 Å². The molecule has 2 rings (SSSR count). The Morgan fingerprint density at radius 2 is 2.25 bits per heavy atom. The summed E-state index contributed by atoms with van der Waals surface area (Å²) in [7, 11) is 1.86. The van der Waals surface area contributed by atoms with Crippen LogP contribution >= 0.6 is 0 Å². The van der Waals surface area contributed by atoms with Crippen LogP contribution in [0.2, 0.25) is 0 Å². The van der Waals surface area contributed by atoms with E-state index >= 15 is 0 Å². The zero-order valence-electron chi connectivity index (χ0n) is 11.0. The monoisotopic (exact) mass is 278 g/mol. The minimum absolute atomic E-state index is 0.127. The second-order valence-corrected chi connectivity index (χ2v) is 4.45. The highest BCUT2D eigenvalue weighted by Gasteiger charge is 2.12. The number of benzene rings is 1. The molecule has 20 heavy (non-hydrogen) atoms. The number of rotatable bonds is 5. The number of nitrogen functional groups attached to an aromatic ring is 1. The lowest BCUT2D eigenvalue weighted by molar-refractivity contribution is 0.0944. The molecule has 3 N–H and O–H groups in total. The van der Waals surface area contributed by atoms with Crippen molar-refractivity contribution in [2.45, 2.75) is 13.1 Å². The third-order valence-electron chi connectivity index (χ3n) is 2.69. The maximum atomic E-state index is 13.1. The topological polar surface area (TPSA) is 84.4 Å². The Hall–Kier alpha value is -2.25. The van der Waals surface area contributed by atoms with E-state index in [0.29, 0.717) is 18.8 Å². The summed E-state index contributed by atoms with van der Waals surface area (Å²) in [6.45, 7) is 0.998. The van der Waals surface area contributed by atoms with Crippen LogP contribution in [0.5, 0.6) is 0 Å². The zero-order valence-corrected chi connectivity index (χ0v) is 11.0. The van der Waals surface area contributed by atoms with E-state index < -0.39 is 5.91 Å². The largest absolute Gasteiger partial charge is 0.359 e. The molecular formula is C13H15FN4O2. The number of hydrogen-bond acceptors (Lipinski definition) is 5. The van der Waals surface area contributed by atoms with E-state index in [1.807, 2.05) is 23.4 Å². The number of nitrogens with one attached hydrogen (secondary N) is 1. The Morgan fingerprint density at radius 3 is 2.95 bits per heavy atom. The summed E-state index contributed by atoms with van der Waals surface area (Å²) in [5.41, 5.74) is 2.96. The molecule has 1 aromatic carbocycles. The normalized spacial score (nSPS) is 10.8. The summed E-state index contributed by atoms with van der Waals surface area (Å²) in [4.78, 5) is 13.1. The Morgan fingerprint density at radius 1 is 1.45 bits per heavy atom. The number of amides is 1. The summed E-state index contributed by atoms with van der Waals surface area (Å²) in [6, 6.07) is 7.90. The number of aromatic nitrogens is 1. The first-order chi connectivity index (χ1) is 9.58. The summed E-state index contributed by atoms with van der Waals surface area (Å²) in [5.74, 6) is 4.76. The van der Waals surface area contributed by atoms with Crippen molar-refractivity contribution in [3.05, 3.63) is 53.2 Å². The number of hydrogen-bond donors (Lipinski definition) is 2. The van der Waals surface area contributed by atoms with Crippen LogP contribution in [0.4, 0.5) is 4.39 Å². The van der Waals surface area contributed by atoms with Crippen molar-refractivity contribution >= 4 is 5.91 Å². The molecule has 7 heteroatoms. The molecule has 0 spiro atoms. The summed E-state index contributed by atoms with van der Waals surface area (Å²) in [6.07, 6.45) is 0. The summed E-state index contributed by atoms with van der Waals surface area (Å²) >= 11 is 0. The van der Waals surface area contributed by atoms with E-state index in [1.54, 1.807) is 6.07 Å². The van der Waals surface area contributed by atoms with Crippen molar-refractivity contribution < 1.29 is 13.7 Å². The predicted octanol–water partition coefficient (Wildman–Crippen LogP) is 1.05. The average molecular weight is 278 g/mol. The highest BCUT2D eigenvalue weighted by atomic mass is 19.1. The Bertz CT molecular complexity index is 600. The third-order valence-corrected chi connectivity index (χ3v) is 2.69. The molecule has 1 aromatic heterocycles. The quantitative estimate of drug-likeness (QED) is 0.485. The molecule has 0 saturated heterocycles. The van der Waals surface area contributed by atoms with Crippen molar-refractivity contribution in [1.82, 2.24) is 15.5 Å². The van der Waals surface area contributed by atoms with Crippen LogP contribution in [0.3, 0.4) is 0 Å². The van der Waals surface area contributed by atoms with Gasteiger partial charge in [-0.15, -0.1) is 0 Å². The van der Waals surface area contributed by atoms with Crippen LogP contribution in [0.1, 0.15) is 21.8 Å². The molecule has 106 valence electrons. The minimum atomic E-state index is -0.507. The third kappa shape index (κ3) is 3.62. The fourth-order valence-electron chi connectivity index (χ4n) is 1.84. The van der Waals surface area contributed by atoms with Gasteiger partial charge in [0, 0.05) is 12.6 Å². The smallest absolute Gasteiger partial charge is 0.287 e. The predicted molar refractivity (Wildman–Crippen MR) is 69.7 cm³/mol. The molecule has 0 atom stereocenters. The highest BCUT2D eigenvalue weighted by molar-refractivity contribution is 5.91. The molecule has 1 heterocycles. The number of halogens is 1. The number of carbonyl (C=O) groups excluding carboxylic acids is 1. The van der Waals surface area contributed by atoms with Gasteiger partial charge in [-0.3, -0.25) is 15.1 Å². The molecule has 2 aromatic rings. The molecule has 0 radical (unpaired) electrons. The number of nitrogens with two attached hydrogens (primary N) is 1. The lowest BCUT2D eigenvalue weighted by Gasteiger charge is -2.14. The molecule has 0 fully saturated rings. The van der Waals surface area contributed by atoms with E-state index in [4.69, 9.17) is 10.4 Å². The Kier molecular flexibility index (Phi) is 4.44. The van der Waals surface area contributed by atoms with Gasteiger partial charge in [-0.1, -0.05) is 17.3 Å². The van der Waals surface area contributed by atoms with Crippen molar-refractivity contribution in [1.29, 1.82) is 0 Å². The van der Waals surface area contributed by atoms with Crippen LogP contribution in [0.25, 0.3) is 0 Å². The molecule has 0 bridgehead atoms. The highest BCUT2D eigenvalue weighted by Crippen LogP contribution is 2.10. The molecule has 0 aliphatic carbocycles. The van der Waals surface area contributed by atoms with Gasteiger partial charge < -0.3 is 4.52 Å². The van der Waals surface area contributed by atoms with E-state index in [9.17, 15) is 9.18 Å². The average Bonchev–Trinajstić information content (AvgIpc) is 2.86. The van der Waals surface area contributed by atoms with Gasteiger partial charge in [-0.2, -0.15) is 0 Å². The van der Waals surface area contributed by atoms with Gasteiger partial charge in [0.15, 0.2) is 11.5 Å². The van der Waals surface area contributed by atoms with Gasteiger partial charge in [-0.05, 0) is 24.7 Å². The maximum absolute atomic E-state index is 13.1. The van der Waals surface area contributed by atoms with E-state index in [2.05, 4.69) is 5.16 Å². The summed E-state index contributed by atoms with van der Waals surface area (Å²) in [5, 5.41) is 3.61. The van der Waals surface area contributed by atoms with E-state index in [0.717, 1.165) is 5.56 Å². The molecule has 6 nitrogen and oxygen atoms in total. The zero-order chi connectivity index (χ0) is 14.5. The molecule has 0 aliphatic heterocycles. The minimum Gasteiger partial charge on any atom is -0.359 e. The maximum Gasteiger partial charge on any atom is 0.287 e. The first kappa shape index (κ1) is 14.2. The van der Waals surface area contributed by atoms with Crippen molar-refractivity contribution in [2.24, 2.45) is 5.84 Å². The van der Waals surface area contributed by atoms with Gasteiger partial charge in [-0.25, -0.2) is 10.2 Å². The van der Waals surface area contributed by atoms with Crippen LogP contribution in [0.15, 0.2) is 34.9 Å². The molecular weight excluding hydrogens is 263 g/mol. The van der Waals surface area contributed by atoms with Crippen LogP contribution < -0.4 is 11.3 Å². The van der Waals surface area contributed by atoms with Gasteiger partial charge in [0.2, 0.25) is 0 Å². The summed E-state index contributed by atoms with van der Waals surface area (Å²) < 4.78 is 18.1. The second-order valence-electron chi connectivity index (χ2n) is 4.45. The lowest BCUT2D eigenvalue weighted by atomic mass is 10.2.